The molecule has 0 fully saturated rings. The highest BCUT2D eigenvalue weighted by Gasteiger charge is 2.19. The van der Waals surface area contributed by atoms with Crippen molar-refractivity contribution < 1.29 is 9.66 Å². The zero-order valence-corrected chi connectivity index (χ0v) is 9.63. The smallest absolute Gasteiger partial charge is 0.312 e. The number of rotatable bonds is 3. The van der Waals surface area contributed by atoms with Crippen molar-refractivity contribution in [2.24, 2.45) is 0 Å². The predicted octanol–water partition coefficient (Wildman–Crippen LogP) is 3.10. The van der Waals surface area contributed by atoms with Crippen LogP contribution in [0.4, 0.5) is 5.69 Å². The molecule has 0 aliphatic heterocycles. The van der Waals surface area contributed by atoms with Gasteiger partial charge < -0.3 is 4.74 Å². The van der Waals surface area contributed by atoms with Crippen LogP contribution >= 0.6 is 27.5 Å². The Morgan fingerprint density at radius 1 is 1.64 bits per heavy atom. The maximum atomic E-state index is 10.7. The maximum Gasteiger partial charge on any atom is 0.312 e. The number of benzene rings is 1. The molecule has 0 amide bonds. The number of methoxy groups -OCH3 is 1. The average Bonchev–Trinajstić information content (AvgIpc) is 2.16. The minimum absolute atomic E-state index is 0.0856. The van der Waals surface area contributed by atoms with Gasteiger partial charge in [0.05, 0.1) is 17.9 Å². The van der Waals surface area contributed by atoms with Gasteiger partial charge in [0.2, 0.25) is 5.75 Å². The lowest BCUT2D eigenvalue weighted by Gasteiger charge is -2.06. The molecule has 0 aliphatic rings. The fourth-order valence-electron chi connectivity index (χ4n) is 1.10. The molecule has 14 heavy (non-hydrogen) atoms. The summed E-state index contributed by atoms with van der Waals surface area (Å²) in [5, 5.41) is 10.7. The van der Waals surface area contributed by atoms with E-state index in [0.29, 0.717) is 10.0 Å². The number of hydrogen-bond acceptors (Lipinski definition) is 3. The minimum atomic E-state index is -0.500. The summed E-state index contributed by atoms with van der Waals surface area (Å²) in [5.74, 6) is 0.386. The van der Waals surface area contributed by atoms with Crippen molar-refractivity contribution in [1.29, 1.82) is 0 Å². The summed E-state index contributed by atoms with van der Waals surface area (Å²) >= 11 is 8.80. The van der Waals surface area contributed by atoms with E-state index in [4.69, 9.17) is 16.3 Å². The highest BCUT2D eigenvalue weighted by Crippen LogP contribution is 2.34. The summed E-state index contributed by atoms with van der Waals surface area (Å²) in [6, 6.07) is 3.08. The first-order chi connectivity index (χ1) is 6.60. The second-order valence-corrected chi connectivity index (χ2v) is 3.69. The molecule has 1 rings (SSSR count). The summed E-state index contributed by atoms with van der Waals surface area (Å²) in [5.41, 5.74) is 0.507. The van der Waals surface area contributed by atoms with Crippen LogP contribution in [0.3, 0.4) is 0 Å². The standard InChI is InChI=1S/C8H7BrClNO3/c1-14-8-5(4-10)2-6(9)3-7(8)11(12)13/h2-3H,4H2,1H3. The van der Waals surface area contributed by atoms with Gasteiger partial charge >= 0.3 is 5.69 Å². The van der Waals surface area contributed by atoms with Gasteiger partial charge in [-0.25, -0.2) is 0 Å². The molecule has 0 bridgehead atoms. The number of nitro groups is 1. The zero-order chi connectivity index (χ0) is 10.7. The van der Waals surface area contributed by atoms with E-state index >= 15 is 0 Å². The molecule has 4 nitrogen and oxygen atoms in total. The SMILES string of the molecule is COc1c(CCl)cc(Br)cc1[N+](=O)[O-]. The molecule has 0 saturated heterocycles. The number of ether oxygens (including phenoxy) is 1. The fourth-order valence-corrected chi connectivity index (χ4v) is 1.80. The molecule has 0 aliphatic carbocycles. The third-order valence-corrected chi connectivity index (χ3v) is 2.40. The van der Waals surface area contributed by atoms with Gasteiger partial charge in [0.15, 0.2) is 0 Å². The topological polar surface area (TPSA) is 52.4 Å². The molecule has 0 spiro atoms. The summed E-state index contributed by atoms with van der Waals surface area (Å²) in [6.07, 6.45) is 0. The van der Waals surface area contributed by atoms with Crippen LogP contribution in [-0.2, 0) is 5.88 Å². The van der Waals surface area contributed by atoms with E-state index in [9.17, 15) is 10.1 Å². The Hall–Kier alpha value is -0.810. The molecule has 0 N–H and O–H groups in total. The summed E-state index contributed by atoms with van der Waals surface area (Å²) in [4.78, 5) is 10.2. The monoisotopic (exact) mass is 279 g/mol. The van der Waals surface area contributed by atoms with Gasteiger partial charge in [0.25, 0.3) is 0 Å². The van der Waals surface area contributed by atoms with Crippen molar-refractivity contribution in [3.05, 3.63) is 32.3 Å². The molecule has 1 aromatic carbocycles. The summed E-state index contributed by atoms with van der Waals surface area (Å²) in [6.45, 7) is 0. The first-order valence-electron chi connectivity index (χ1n) is 3.67. The Bertz CT molecular complexity index is 370. The van der Waals surface area contributed by atoms with Crippen LogP contribution in [0.1, 0.15) is 5.56 Å². The predicted molar refractivity (Wildman–Crippen MR) is 56.9 cm³/mol. The number of halogens is 2. The van der Waals surface area contributed by atoms with Crippen LogP contribution in [0, 0.1) is 10.1 Å². The molecular weight excluding hydrogens is 273 g/mol. The molecule has 0 heterocycles. The Kier molecular flexibility index (Phi) is 3.71. The van der Waals surface area contributed by atoms with Crippen molar-refractivity contribution in [2.75, 3.05) is 7.11 Å². The van der Waals surface area contributed by atoms with Gasteiger partial charge in [-0.15, -0.1) is 11.6 Å². The van der Waals surface area contributed by atoms with Crippen LogP contribution < -0.4 is 4.74 Å². The first-order valence-corrected chi connectivity index (χ1v) is 4.99. The highest BCUT2D eigenvalue weighted by molar-refractivity contribution is 9.10. The normalized spacial score (nSPS) is 9.93. The number of hydrogen-bond donors (Lipinski definition) is 0. The Morgan fingerprint density at radius 2 is 2.29 bits per heavy atom. The van der Waals surface area contributed by atoms with Crippen molar-refractivity contribution in [2.45, 2.75) is 5.88 Å². The molecular formula is C8H7BrClNO3. The lowest BCUT2D eigenvalue weighted by molar-refractivity contribution is -0.385. The van der Waals surface area contributed by atoms with E-state index in [1.54, 1.807) is 6.07 Å². The molecule has 6 heteroatoms. The molecule has 0 aromatic heterocycles. The Morgan fingerprint density at radius 3 is 2.71 bits per heavy atom. The van der Waals surface area contributed by atoms with E-state index in [0.717, 1.165) is 0 Å². The second kappa shape index (κ2) is 4.61. The fraction of sp³-hybridized carbons (Fsp3) is 0.250. The lowest BCUT2D eigenvalue weighted by Crippen LogP contribution is -1.97. The van der Waals surface area contributed by atoms with Gasteiger partial charge in [-0.05, 0) is 6.07 Å². The van der Waals surface area contributed by atoms with Crippen molar-refractivity contribution in [3.63, 3.8) is 0 Å². The van der Waals surface area contributed by atoms with Gasteiger partial charge in [0, 0.05) is 16.1 Å². The number of nitrogens with zero attached hydrogens (tertiary/aromatic N) is 1. The van der Waals surface area contributed by atoms with Crippen molar-refractivity contribution in [3.8, 4) is 5.75 Å². The van der Waals surface area contributed by atoms with Crippen LogP contribution in [0.25, 0.3) is 0 Å². The van der Waals surface area contributed by atoms with Crippen molar-refractivity contribution >= 4 is 33.2 Å². The molecule has 0 unspecified atom stereocenters. The quantitative estimate of drug-likeness (QED) is 0.485. The van der Waals surface area contributed by atoms with E-state index < -0.39 is 4.92 Å². The van der Waals surface area contributed by atoms with Gasteiger partial charge in [0.1, 0.15) is 0 Å². The molecule has 76 valence electrons. The molecule has 0 radical (unpaired) electrons. The summed E-state index contributed by atoms with van der Waals surface area (Å²) in [7, 11) is 1.38. The van der Waals surface area contributed by atoms with Crippen LogP contribution in [-0.4, -0.2) is 12.0 Å². The van der Waals surface area contributed by atoms with Gasteiger partial charge in [-0.2, -0.15) is 0 Å². The maximum absolute atomic E-state index is 10.7. The van der Waals surface area contributed by atoms with Crippen LogP contribution in [0.2, 0.25) is 0 Å². The molecule has 0 saturated carbocycles. The number of alkyl halides is 1. The highest BCUT2D eigenvalue weighted by atomic mass is 79.9. The number of nitro benzene ring substituents is 1. The van der Waals surface area contributed by atoms with Crippen molar-refractivity contribution in [1.82, 2.24) is 0 Å². The summed E-state index contributed by atoms with van der Waals surface area (Å²) < 4.78 is 5.55. The third-order valence-electron chi connectivity index (χ3n) is 1.66. The van der Waals surface area contributed by atoms with Crippen LogP contribution in [0.15, 0.2) is 16.6 Å². The Labute approximate surface area is 94.1 Å². The lowest BCUT2D eigenvalue weighted by atomic mass is 10.2. The van der Waals surface area contributed by atoms with Crippen LogP contribution in [0.5, 0.6) is 5.75 Å². The van der Waals surface area contributed by atoms with E-state index in [1.165, 1.54) is 13.2 Å². The minimum Gasteiger partial charge on any atom is -0.490 e. The molecule has 0 atom stereocenters. The van der Waals surface area contributed by atoms with Gasteiger partial charge in [-0.1, -0.05) is 15.9 Å². The average molecular weight is 281 g/mol. The van der Waals surface area contributed by atoms with E-state index in [2.05, 4.69) is 15.9 Å². The van der Waals surface area contributed by atoms with Gasteiger partial charge in [-0.3, -0.25) is 10.1 Å². The Balaban J connectivity index is 3.39. The second-order valence-electron chi connectivity index (χ2n) is 2.51. The first kappa shape index (κ1) is 11.3. The van der Waals surface area contributed by atoms with E-state index in [-0.39, 0.29) is 17.3 Å². The van der Waals surface area contributed by atoms with E-state index in [1.807, 2.05) is 0 Å². The largest absolute Gasteiger partial charge is 0.490 e. The zero-order valence-electron chi connectivity index (χ0n) is 7.29. The third kappa shape index (κ3) is 2.16. The molecule has 1 aromatic rings.